The summed E-state index contributed by atoms with van der Waals surface area (Å²) in [5.74, 6) is 6.86. The highest BCUT2D eigenvalue weighted by Crippen LogP contribution is 2.20. The van der Waals surface area contributed by atoms with Crippen LogP contribution in [0.4, 0.5) is 0 Å². The first-order chi connectivity index (χ1) is 19.0. The van der Waals surface area contributed by atoms with Crippen molar-refractivity contribution in [2.24, 2.45) is 0 Å². The number of aryl methyl sites for hydroxylation is 1. The van der Waals surface area contributed by atoms with Gasteiger partial charge in [0.15, 0.2) is 0 Å². The van der Waals surface area contributed by atoms with E-state index < -0.39 is 5.97 Å². The first kappa shape index (κ1) is 29.0. The van der Waals surface area contributed by atoms with Crippen LogP contribution >= 0.6 is 0 Å². The summed E-state index contributed by atoms with van der Waals surface area (Å²) in [6, 6.07) is 18.4. The Morgan fingerprint density at radius 2 is 1.64 bits per heavy atom. The summed E-state index contributed by atoms with van der Waals surface area (Å²) < 4.78 is 20.7. The number of carbonyl (C=O) groups excluding carboxylic acids is 2. The lowest BCUT2D eigenvalue weighted by Crippen LogP contribution is -2.07. The molecule has 0 aliphatic carbocycles. The number of carbonyl (C=O) groups is 2. The Morgan fingerprint density at radius 1 is 0.872 bits per heavy atom. The normalized spacial score (nSPS) is 10.4. The van der Waals surface area contributed by atoms with Gasteiger partial charge in [0.1, 0.15) is 17.2 Å². The lowest BCUT2D eigenvalue weighted by Gasteiger charge is -2.11. The average molecular weight is 528 g/mol. The van der Waals surface area contributed by atoms with Crippen LogP contribution in [0, 0.1) is 11.8 Å². The molecule has 0 saturated carbocycles. The molecule has 3 aromatic rings. The summed E-state index contributed by atoms with van der Waals surface area (Å²) in [4.78, 5) is 27.9. The number of pyridine rings is 1. The molecule has 0 saturated heterocycles. The standard InChI is InChI=1S/C32H33NO6/c1-36-28-18-12-24(13-19-28)8-6-4-5-7-23-39-30-21-17-27(33-29(30)20-22-31(34)37-2)16-11-25-9-14-26(15-10-25)32(35)38-3/h6,8-10,12-15,17-19,21H,4-5,7,20,22-23H2,1-3H3. The first-order valence-electron chi connectivity index (χ1n) is 12.7. The molecule has 1 aromatic heterocycles. The molecule has 39 heavy (non-hydrogen) atoms. The molecular formula is C32H33NO6. The third-order valence-electron chi connectivity index (χ3n) is 5.82. The largest absolute Gasteiger partial charge is 0.497 e. The van der Waals surface area contributed by atoms with E-state index in [0.717, 1.165) is 36.1 Å². The zero-order valence-corrected chi connectivity index (χ0v) is 22.6. The van der Waals surface area contributed by atoms with Crippen molar-refractivity contribution in [2.45, 2.75) is 32.1 Å². The van der Waals surface area contributed by atoms with E-state index in [9.17, 15) is 9.59 Å². The van der Waals surface area contributed by atoms with Crippen LogP contribution < -0.4 is 9.47 Å². The molecule has 0 fully saturated rings. The fourth-order valence-electron chi connectivity index (χ4n) is 3.62. The van der Waals surface area contributed by atoms with Gasteiger partial charge in [0.05, 0.1) is 45.6 Å². The van der Waals surface area contributed by atoms with Crippen molar-refractivity contribution in [3.8, 4) is 23.3 Å². The molecule has 202 valence electrons. The lowest BCUT2D eigenvalue weighted by molar-refractivity contribution is -0.140. The highest BCUT2D eigenvalue weighted by Gasteiger charge is 2.10. The molecule has 0 bridgehead atoms. The highest BCUT2D eigenvalue weighted by atomic mass is 16.5. The molecule has 0 radical (unpaired) electrons. The molecule has 0 aliphatic heterocycles. The summed E-state index contributed by atoms with van der Waals surface area (Å²) >= 11 is 0. The third-order valence-corrected chi connectivity index (χ3v) is 5.82. The average Bonchev–Trinajstić information content (AvgIpc) is 2.99. The minimum atomic E-state index is -0.396. The number of benzene rings is 2. The molecule has 0 atom stereocenters. The van der Waals surface area contributed by atoms with Gasteiger partial charge >= 0.3 is 11.9 Å². The van der Waals surface area contributed by atoms with Crippen molar-refractivity contribution in [2.75, 3.05) is 27.9 Å². The van der Waals surface area contributed by atoms with Crippen LogP contribution in [0.3, 0.4) is 0 Å². The minimum absolute atomic E-state index is 0.196. The van der Waals surface area contributed by atoms with Crippen LogP contribution in [0.5, 0.6) is 11.5 Å². The van der Waals surface area contributed by atoms with E-state index in [4.69, 9.17) is 18.9 Å². The highest BCUT2D eigenvalue weighted by molar-refractivity contribution is 5.89. The molecule has 3 rings (SSSR count). The number of ether oxygens (including phenoxy) is 4. The van der Waals surface area contributed by atoms with Crippen LogP contribution in [0.2, 0.25) is 0 Å². The minimum Gasteiger partial charge on any atom is -0.497 e. The fraction of sp³-hybridized carbons (Fsp3) is 0.281. The van der Waals surface area contributed by atoms with E-state index in [1.807, 2.05) is 30.3 Å². The van der Waals surface area contributed by atoms with Gasteiger partial charge in [-0.2, -0.15) is 0 Å². The van der Waals surface area contributed by atoms with Gasteiger partial charge in [-0.15, -0.1) is 0 Å². The SMILES string of the molecule is COC(=O)CCc1nc(C#Cc2ccc(C(=O)OC)cc2)ccc1OCCCCC=Cc1ccc(OC)cc1. The van der Waals surface area contributed by atoms with Crippen molar-refractivity contribution < 1.29 is 28.5 Å². The first-order valence-corrected chi connectivity index (χ1v) is 12.7. The molecule has 0 amide bonds. The van der Waals surface area contributed by atoms with Crippen molar-refractivity contribution in [1.82, 2.24) is 4.98 Å². The molecule has 2 aromatic carbocycles. The van der Waals surface area contributed by atoms with Gasteiger partial charge in [0.25, 0.3) is 0 Å². The van der Waals surface area contributed by atoms with Crippen molar-refractivity contribution in [3.63, 3.8) is 0 Å². The Kier molecular flexibility index (Phi) is 11.6. The van der Waals surface area contributed by atoms with E-state index >= 15 is 0 Å². The van der Waals surface area contributed by atoms with Crippen LogP contribution in [0.1, 0.15) is 58.6 Å². The number of methoxy groups -OCH3 is 3. The maximum Gasteiger partial charge on any atom is 0.337 e. The van der Waals surface area contributed by atoms with E-state index in [2.05, 4.69) is 29.0 Å². The van der Waals surface area contributed by atoms with Gasteiger partial charge in [-0.05, 0) is 79.3 Å². The summed E-state index contributed by atoms with van der Waals surface area (Å²) in [5.41, 5.74) is 3.55. The van der Waals surface area contributed by atoms with E-state index in [1.54, 1.807) is 37.4 Å². The summed E-state index contributed by atoms with van der Waals surface area (Å²) in [5, 5.41) is 0. The summed E-state index contributed by atoms with van der Waals surface area (Å²) in [6.45, 7) is 0.543. The number of hydrogen-bond donors (Lipinski definition) is 0. The number of nitrogens with zero attached hydrogens (tertiary/aromatic N) is 1. The number of aromatic nitrogens is 1. The van der Waals surface area contributed by atoms with Gasteiger partial charge in [-0.25, -0.2) is 9.78 Å². The maximum atomic E-state index is 11.7. The monoisotopic (exact) mass is 527 g/mol. The second-order valence-electron chi connectivity index (χ2n) is 8.56. The molecular weight excluding hydrogens is 494 g/mol. The van der Waals surface area contributed by atoms with Crippen molar-refractivity contribution in [3.05, 3.63) is 94.8 Å². The molecule has 7 nitrogen and oxygen atoms in total. The Labute approximate surface area is 229 Å². The second kappa shape index (κ2) is 15.6. The quantitative estimate of drug-likeness (QED) is 0.171. The van der Waals surface area contributed by atoms with E-state index in [0.29, 0.717) is 35.7 Å². The molecule has 1 heterocycles. The molecule has 0 aliphatic rings. The van der Waals surface area contributed by atoms with Gasteiger partial charge in [0, 0.05) is 12.0 Å². The summed E-state index contributed by atoms with van der Waals surface area (Å²) in [6.07, 6.45) is 7.64. The number of allylic oxidation sites excluding steroid dienone is 1. The molecule has 0 unspecified atom stereocenters. The number of esters is 2. The Morgan fingerprint density at radius 3 is 2.33 bits per heavy atom. The van der Waals surface area contributed by atoms with Crippen molar-refractivity contribution >= 4 is 18.0 Å². The van der Waals surface area contributed by atoms with E-state index in [-0.39, 0.29) is 12.4 Å². The van der Waals surface area contributed by atoms with Gasteiger partial charge in [-0.3, -0.25) is 4.79 Å². The van der Waals surface area contributed by atoms with Crippen LogP contribution in [-0.4, -0.2) is 44.9 Å². The molecule has 0 spiro atoms. The van der Waals surface area contributed by atoms with Crippen LogP contribution in [-0.2, 0) is 20.7 Å². The Bertz CT molecular complexity index is 1320. The van der Waals surface area contributed by atoms with E-state index in [1.165, 1.54) is 14.2 Å². The van der Waals surface area contributed by atoms with Crippen molar-refractivity contribution in [1.29, 1.82) is 0 Å². The zero-order chi connectivity index (χ0) is 27.9. The maximum absolute atomic E-state index is 11.7. The van der Waals surface area contributed by atoms with Gasteiger partial charge in [0.2, 0.25) is 0 Å². The zero-order valence-electron chi connectivity index (χ0n) is 22.6. The fourth-order valence-corrected chi connectivity index (χ4v) is 3.62. The predicted molar refractivity (Wildman–Crippen MR) is 150 cm³/mol. The smallest absolute Gasteiger partial charge is 0.337 e. The third kappa shape index (κ3) is 9.67. The molecule has 0 N–H and O–H groups in total. The number of unbranched alkanes of at least 4 members (excludes halogenated alkanes) is 2. The van der Waals surface area contributed by atoms with Gasteiger partial charge in [-0.1, -0.05) is 30.2 Å². The topological polar surface area (TPSA) is 84.0 Å². The number of rotatable bonds is 12. The predicted octanol–water partition coefficient (Wildman–Crippen LogP) is 5.64. The molecule has 7 heteroatoms. The Balaban J connectivity index is 1.57. The van der Waals surface area contributed by atoms with Gasteiger partial charge < -0.3 is 18.9 Å². The Hall–Kier alpha value is -4.57. The summed E-state index contributed by atoms with van der Waals surface area (Å²) in [7, 11) is 4.36. The number of hydrogen-bond acceptors (Lipinski definition) is 7. The van der Waals surface area contributed by atoms with Crippen LogP contribution in [0.15, 0.2) is 66.7 Å². The second-order valence-corrected chi connectivity index (χ2v) is 8.56. The lowest BCUT2D eigenvalue weighted by atomic mass is 10.1. The van der Waals surface area contributed by atoms with Crippen LogP contribution in [0.25, 0.3) is 6.08 Å².